The van der Waals surface area contributed by atoms with Crippen molar-refractivity contribution in [2.75, 3.05) is 12.3 Å². The lowest BCUT2D eigenvalue weighted by molar-refractivity contribution is -0.116. The number of hydrogen-bond acceptors (Lipinski definition) is 3. The third-order valence-electron chi connectivity index (χ3n) is 2.65. The first-order valence-electron chi connectivity index (χ1n) is 7.05. The Kier molecular flexibility index (Phi) is 6.64. The Hall–Kier alpha value is -1.97. The molecule has 1 aromatic carbocycles. The van der Waals surface area contributed by atoms with Crippen molar-refractivity contribution >= 4 is 17.7 Å². The van der Waals surface area contributed by atoms with Crippen LogP contribution < -0.4 is 15.8 Å². The van der Waals surface area contributed by atoms with Gasteiger partial charge in [0.2, 0.25) is 5.91 Å². The highest BCUT2D eigenvalue weighted by molar-refractivity contribution is 5.91. The van der Waals surface area contributed by atoms with E-state index in [2.05, 4.69) is 12.2 Å². The molecule has 0 spiro atoms. The topological polar surface area (TPSA) is 64.3 Å². The third-order valence-corrected chi connectivity index (χ3v) is 2.65. The molecule has 0 fully saturated rings. The molecule has 0 heterocycles. The van der Waals surface area contributed by atoms with Gasteiger partial charge in [-0.15, -0.1) is 0 Å². The molecule has 1 amide bonds. The third kappa shape index (κ3) is 5.78. The number of ether oxygens (including phenoxy) is 1. The Morgan fingerprint density at radius 2 is 2.20 bits per heavy atom. The van der Waals surface area contributed by atoms with E-state index in [4.69, 9.17) is 10.5 Å². The normalized spacial score (nSPS) is 11.0. The predicted molar refractivity (Wildman–Crippen MR) is 83.6 cm³/mol. The number of amides is 1. The number of nitrogens with one attached hydrogen (secondary N) is 1. The number of carbonyl (C=O) groups excluding carboxylic acids is 1. The Morgan fingerprint density at radius 3 is 2.80 bits per heavy atom. The number of anilines is 1. The van der Waals surface area contributed by atoms with Crippen molar-refractivity contribution < 1.29 is 9.53 Å². The molecule has 3 N–H and O–H groups in total. The van der Waals surface area contributed by atoms with Gasteiger partial charge in [0.25, 0.3) is 0 Å². The quantitative estimate of drug-likeness (QED) is 0.457. The van der Waals surface area contributed by atoms with Crippen molar-refractivity contribution in [3.8, 4) is 5.75 Å². The lowest BCUT2D eigenvalue weighted by Crippen LogP contribution is -2.21. The fraction of sp³-hybridized carbons (Fsp3) is 0.438. The second kappa shape index (κ2) is 8.25. The number of unbranched alkanes of at least 4 members (excludes halogenated alkanes) is 1. The van der Waals surface area contributed by atoms with Crippen LogP contribution in [0, 0.1) is 0 Å². The van der Waals surface area contributed by atoms with Gasteiger partial charge in [-0.2, -0.15) is 0 Å². The molecular formula is C16H24N2O2. The SMILES string of the molecule is CCCCNC(=O)/C=C\c1ccc(OC(C)C)c(N)c1. The minimum atomic E-state index is -0.0838. The van der Waals surface area contributed by atoms with Gasteiger partial charge >= 0.3 is 0 Å². The highest BCUT2D eigenvalue weighted by Crippen LogP contribution is 2.24. The molecule has 4 nitrogen and oxygen atoms in total. The summed E-state index contributed by atoms with van der Waals surface area (Å²) < 4.78 is 5.56. The van der Waals surface area contributed by atoms with Crippen LogP contribution in [0.2, 0.25) is 0 Å². The molecule has 20 heavy (non-hydrogen) atoms. The van der Waals surface area contributed by atoms with E-state index >= 15 is 0 Å². The molecular weight excluding hydrogens is 252 g/mol. The van der Waals surface area contributed by atoms with Crippen molar-refractivity contribution in [2.45, 2.75) is 39.7 Å². The zero-order valence-electron chi connectivity index (χ0n) is 12.5. The zero-order valence-corrected chi connectivity index (χ0v) is 12.5. The van der Waals surface area contributed by atoms with Gasteiger partial charge in [-0.05, 0) is 44.0 Å². The molecule has 0 aromatic heterocycles. The van der Waals surface area contributed by atoms with Gasteiger partial charge in [0.1, 0.15) is 5.75 Å². The minimum absolute atomic E-state index is 0.0838. The number of nitrogen functional groups attached to an aromatic ring is 1. The van der Waals surface area contributed by atoms with Crippen molar-refractivity contribution in [1.29, 1.82) is 0 Å². The average Bonchev–Trinajstić information content (AvgIpc) is 2.39. The van der Waals surface area contributed by atoms with Crippen molar-refractivity contribution in [3.63, 3.8) is 0 Å². The standard InChI is InChI=1S/C16H24N2O2/c1-4-5-10-18-16(19)9-7-13-6-8-15(14(17)11-13)20-12(2)3/h6-9,11-12H,4-5,10,17H2,1-3H3,(H,18,19)/b9-7-. The highest BCUT2D eigenvalue weighted by atomic mass is 16.5. The van der Waals surface area contributed by atoms with Gasteiger partial charge in [-0.25, -0.2) is 0 Å². The monoisotopic (exact) mass is 276 g/mol. The predicted octanol–water partition coefficient (Wildman–Crippen LogP) is 2.99. The Balaban J connectivity index is 2.60. The first-order chi connectivity index (χ1) is 9.52. The molecule has 0 unspecified atom stereocenters. The maximum atomic E-state index is 11.5. The van der Waals surface area contributed by atoms with Crippen LogP contribution in [-0.2, 0) is 4.79 Å². The summed E-state index contributed by atoms with van der Waals surface area (Å²) in [6.07, 6.45) is 5.42. The van der Waals surface area contributed by atoms with Crippen LogP contribution in [0.3, 0.4) is 0 Å². The summed E-state index contributed by atoms with van der Waals surface area (Å²) in [5.41, 5.74) is 7.37. The minimum Gasteiger partial charge on any atom is -0.489 e. The molecule has 110 valence electrons. The van der Waals surface area contributed by atoms with E-state index in [1.807, 2.05) is 26.0 Å². The van der Waals surface area contributed by atoms with Crippen LogP contribution >= 0.6 is 0 Å². The summed E-state index contributed by atoms with van der Waals surface area (Å²) in [7, 11) is 0. The molecule has 0 aliphatic rings. The smallest absolute Gasteiger partial charge is 0.243 e. The summed E-state index contributed by atoms with van der Waals surface area (Å²) in [4.78, 5) is 11.5. The fourth-order valence-electron chi connectivity index (χ4n) is 1.65. The first-order valence-corrected chi connectivity index (χ1v) is 7.05. The van der Waals surface area contributed by atoms with Gasteiger partial charge in [0, 0.05) is 12.6 Å². The Labute approximate surface area is 121 Å². The van der Waals surface area contributed by atoms with Gasteiger partial charge in [-0.1, -0.05) is 19.4 Å². The second-order valence-corrected chi connectivity index (χ2v) is 4.94. The highest BCUT2D eigenvalue weighted by Gasteiger charge is 2.03. The number of carbonyl (C=O) groups is 1. The van der Waals surface area contributed by atoms with Crippen molar-refractivity contribution in [3.05, 3.63) is 29.8 Å². The molecule has 0 bridgehead atoms. The molecule has 1 rings (SSSR count). The van der Waals surface area contributed by atoms with Crippen LogP contribution in [0.4, 0.5) is 5.69 Å². The van der Waals surface area contributed by atoms with Crippen LogP contribution in [0.15, 0.2) is 24.3 Å². The van der Waals surface area contributed by atoms with E-state index in [0.717, 1.165) is 18.4 Å². The number of benzene rings is 1. The molecule has 0 saturated heterocycles. The van der Waals surface area contributed by atoms with Gasteiger partial charge < -0.3 is 15.8 Å². The Morgan fingerprint density at radius 1 is 1.45 bits per heavy atom. The molecule has 0 aliphatic heterocycles. The van der Waals surface area contributed by atoms with Gasteiger partial charge in [-0.3, -0.25) is 4.79 Å². The maximum Gasteiger partial charge on any atom is 0.243 e. The number of hydrogen-bond donors (Lipinski definition) is 2. The van der Waals surface area contributed by atoms with Crippen molar-refractivity contribution in [1.82, 2.24) is 5.32 Å². The molecule has 0 aliphatic carbocycles. The van der Waals surface area contributed by atoms with Crippen LogP contribution in [0.5, 0.6) is 5.75 Å². The van der Waals surface area contributed by atoms with E-state index in [0.29, 0.717) is 18.0 Å². The average molecular weight is 276 g/mol. The largest absolute Gasteiger partial charge is 0.489 e. The van der Waals surface area contributed by atoms with E-state index in [9.17, 15) is 4.79 Å². The Bertz CT molecular complexity index is 468. The molecule has 1 aromatic rings. The van der Waals surface area contributed by atoms with E-state index in [1.54, 1.807) is 12.1 Å². The zero-order chi connectivity index (χ0) is 15.0. The maximum absolute atomic E-state index is 11.5. The fourth-order valence-corrected chi connectivity index (χ4v) is 1.65. The number of rotatable bonds is 7. The van der Waals surface area contributed by atoms with Crippen LogP contribution in [0.25, 0.3) is 6.08 Å². The van der Waals surface area contributed by atoms with E-state index in [1.165, 1.54) is 6.08 Å². The number of nitrogens with two attached hydrogens (primary N) is 1. The van der Waals surface area contributed by atoms with E-state index in [-0.39, 0.29) is 12.0 Å². The van der Waals surface area contributed by atoms with Gasteiger partial charge in [0.15, 0.2) is 0 Å². The summed E-state index contributed by atoms with van der Waals surface area (Å²) in [6, 6.07) is 5.50. The summed E-state index contributed by atoms with van der Waals surface area (Å²) in [6.45, 7) is 6.70. The summed E-state index contributed by atoms with van der Waals surface area (Å²) >= 11 is 0. The molecule has 0 atom stereocenters. The molecule has 4 heteroatoms. The van der Waals surface area contributed by atoms with E-state index < -0.39 is 0 Å². The van der Waals surface area contributed by atoms with Crippen molar-refractivity contribution in [2.24, 2.45) is 0 Å². The summed E-state index contributed by atoms with van der Waals surface area (Å²) in [5, 5.41) is 2.82. The molecule has 0 saturated carbocycles. The van der Waals surface area contributed by atoms with Crippen LogP contribution in [-0.4, -0.2) is 18.6 Å². The lowest BCUT2D eigenvalue weighted by Gasteiger charge is -2.12. The molecule has 0 radical (unpaired) electrons. The lowest BCUT2D eigenvalue weighted by atomic mass is 10.1. The van der Waals surface area contributed by atoms with Crippen LogP contribution in [0.1, 0.15) is 39.2 Å². The first kappa shape index (κ1) is 16.1. The second-order valence-electron chi connectivity index (χ2n) is 4.94. The summed E-state index contributed by atoms with van der Waals surface area (Å²) in [5.74, 6) is 0.587. The van der Waals surface area contributed by atoms with Gasteiger partial charge in [0.05, 0.1) is 11.8 Å².